The summed E-state index contributed by atoms with van der Waals surface area (Å²) < 4.78 is 0. The van der Waals surface area contributed by atoms with E-state index in [0.29, 0.717) is 16.9 Å². The zero-order valence-electron chi connectivity index (χ0n) is 17.9. The number of fused-ring (bicyclic) bond motifs is 5. The molecule has 1 aromatic heterocycles. The Morgan fingerprint density at radius 2 is 1.96 bits per heavy atom. The lowest BCUT2D eigenvalue weighted by molar-refractivity contribution is -0.134. The van der Waals surface area contributed by atoms with Crippen molar-refractivity contribution in [2.24, 2.45) is 28.6 Å². The maximum absolute atomic E-state index is 12.2. The number of pyridine rings is 1. The number of carbonyl (C=O) groups is 1. The minimum atomic E-state index is 0.282. The third-order valence-electron chi connectivity index (χ3n) is 9.26. The average Bonchev–Trinajstić information content (AvgIpc) is 3.18. The van der Waals surface area contributed by atoms with E-state index >= 15 is 0 Å². The number of allylic oxidation sites excluding steroid dienone is 2. The highest BCUT2D eigenvalue weighted by molar-refractivity contribution is 5.74. The summed E-state index contributed by atoms with van der Waals surface area (Å²) in [5.74, 6) is 2.62. The Hall–Kier alpha value is -1.64. The van der Waals surface area contributed by atoms with Crippen LogP contribution in [0.25, 0.3) is 5.57 Å². The van der Waals surface area contributed by atoms with Gasteiger partial charge < -0.3 is 4.90 Å². The number of rotatable bonds is 1. The van der Waals surface area contributed by atoms with E-state index in [1.165, 1.54) is 49.7 Å². The van der Waals surface area contributed by atoms with Crippen LogP contribution in [0.3, 0.4) is 0 Å². The summed E-state index contributed by atoms with van der Waals surface area (Å²) in [4.78, 5) is 18.9. The van der Waals surface area contributed by atoms with Crippen LogP contribution in [-0.4, -0.2) is 28.4 Å². The maximum atomic E-state index is 12.2. The first-order valence-electron chi connectivity index (χ1n) is 11.2. The van der Waals surface area contributed by atoms with Crippen molar-refractivity contribution in [1.29, 1.82) is 0 Å². The van der Waals surface area contributed by atoms with Crippen LogP contribution in [0.2, 0.25) is 0 Å². The molecular weight excluding hydrogens is 344 g/mol. The minimum absolute atomic E-state index is 0.282. The van der Waals surface area contributed by atoms with Gasteiger partial charge in [-0.05, 0) is 96.8 Å². The van der Waals surface area contributed by atoms with Crippen LogP contribution in [0.4, 0.5) is 0 Å². The first-order valence-corrected chi connectivity index (χ1v) is 11.2. The largest absolute Gasteiger partial charge is 0.339 e. The van der Waals surface area contributed by atoms with Crippen molar-refractivity contribution >= 4 is 11.5 Å². The van der Waals surface area contributed by atoms with Crippen LogP contribution in [0, 0.1) is 35.5 Å². The van der Waals surface area contributed by atoms with Crippen molar-refractivity contribution in [3.8, 4) is 0 Å². The van der Waals surface area contributed by atoms with E-state index in [1.54, 1.807) is 12.5 Å². The Kier molecular flexibility index (Phi) is 4.06. The van der Waals surface area contributed by atoms with Gasteiger partial charge in [-0.3, -0.25) is 9.78 Å². The molecular formula is C25H34N2O. The van der Waals surface area contributed by atoms with Crippen molar-refractivity contribution in [1.82, 2.24) is 9.88 Å². The second-order valence-corrected chi connectivity index (χ2v) is 10.5. The van der Waals surface area contributed by atoms with E-state index < -0.39 is 0 Å². The summed E-state index contributed by atoms with van der Waals surface area (Å²) >= 11 is 0. The van der Waals surface area contributed by atoms with Gasteiger partial charge in [-0.15, -0.1) is 0 Å². The van der Waals surface area contributed by atoms with Crippen LogP contribution >= 0.6 is 0 Å². The Morgan fingerprint density at radius 1 is 1.14 bits per heavy atom. The topological polar surface area (TPSA) is 33.2 Å². The quantitative estimate of drug-likeness (QED) is 0.669. The lowest BCUT2D eigenvalue weighted by Gasteiger charge is -2.57. The summed E-state index contributed by atoms with van der Waals surface area (Å²) in [6, 6.07) is 2.80. The highest BCUT2D eigenvalue weighted by Gasteiger charge is 2.60. The number of amides is 1. The van der Waals surface area contributed by atoms with Crippen LogP contribution in [-0.2, 0) is 4.79 Å². The molecule has 6 atom stereocenters. The van der Waals surface area contributed by atoms with Crippen LogP contribution in [0.15, 0.2) is 24.5 Å². The molecule has 1 amide bonds. The molecule has 1 aromatic rings. The highest BCUT2D eigenvalue weighted by Crippen LogP contribution is 2.66. The Balaban J connectivity index is 1.44. The van der Waals surface area contributed by atoms with Gasteiger partial charge in [-0.1, -0.05) is 19.9 Å². The molecule has 150 valence electrons. The predicted octanol–water partition coefficient (Wildman–Crippen LogP) is 5.25. The van der Waals surface area contributed by atoms with E-state index in [0.717, 1.165) is 24.3 Å². The first-order chi connectivity index (χ1) is 13.3. The van der Waals surface area contributed by atoms with E-state index in [9.17, 15) is 4.79 Å². The third kappa shape index (κ3) is 2.40. The van der Waals surface area contributed by atoms with Crippen LogP contribution in [0.5, 0.6) is 0 Å². The summed E-state index contributed by atoms with van der Waals surface area (Å²) in [6.45, 7) is 9.92. The van der Waals surface area contributed by atoms with Crippen molar-refractivity contribution in [2.45, 2.75) is 72.3 Å². The molecule has 3 nitrogen and oxygen atoms in total. The second kappa shape index (κ2) is 6.18. The molecule has 0 bridgehead atoms. The molecule has 3 aliphatic carbocycles. The molecule has 3 heteroatoms. The summed E-state index contributed by atoms with van der Waals surface area (Å²) in [6.07, 6.45) is 14.1. The normalized spacial score (nSPS) is 41.9. The smallest absolute Gasteiger partial charge is 0.219 e. The molecule has 0 spiro atoms. The number of aryl methyl sites for hydroxylation is 1. The van der Waals surface area contributed by atoms with Gasteiger partial charge in [0.05, 0.1) is 0 Å². The molecule has 0 radical (unpaired) electrons. The minimum Gasteiger partial charge on any atom is -0.339 e. The Morgan fingerprint density at radius 3 is 2.71 bits per heavy atom. The van der Waals surface area contributed by atoms with E-state index in [4.69, 9.17) is 0 Å². The van der Waals surface area contributed by atoms with Crippen LogP contribution in [0.1, 0.15) is 70.4 Å². The number of aromatic nitrogens is 1. The van der Waals surface area contributed by atoms with Crippen LogP contribution < -0.4 is 0 Å². The molecule has 0 aromatic carbocycles. The van der Waals surface area contributed by atoms with Gasteiger partial charge in [0, 0.05) is 31.9 Å². The standard InChI is InChI=1S/C25H34N2O/c1-16-13-18(15-26-14-16)20-6-7-21-19-5-8-23-25(4,11-12-27(23)17(2)28)22(19)9-10-24(20,21)3/h6,13-15,19,21-23H,5,7-12H2,1-4H3/t19-,21-,22-,23?,24?,25+/m0/s1. The fourth-order valence-electron chi connectivity index (χ4n) is 7.91. The fraction of sp³-hybridized carbons (Fsp3) is 0.680. The molecule has 4 aliphatic rings. The summed E-state index contributed by atoms with van der Waals surface area (Å²) in [5, 5.41) is 0. The van der Waals surface area contributed by atoms with E-state index in [1.807, 2.05) is 6.20 Å². The molecule has 0 N–H and O–H groups in total. The second-order valence-electron chi connectivity index (χ2n) is 10.5. The lowest BCUT2D eigenvalue weighted by atomic mass is 9.48. The summed E-state index contributed by atoms with van der Waals surface area (Å²) in [7, 11) is 0. The molecule has 1 saturated heterocycles. The van der Waals surface area contributed by atoms with E-state index in [2.05, 4.69) is 49.0 Å². The molecule has 28 heavy (non-hydrogen) atoms. The number of carbonyl (C=O) groups excluding carboxylic acids is 1. The number of likely N-dealkylation sites (tertiary alicyclic amines) is 1. The molecule has 2 heterocycles. The molecule has 2 unspecified atom stereocenters. The van der Waals surface area contributed by atoms with Crippen molar-refractivity contribution < 1.29 is 4.79 Å². The molecule has 5 rings (SSSR count). The van der Waals surface area contributed by atoms with Crippen molar-refractivity contribution in [3.63, 3.8) is 0 Å². The van der Waals surface area contributed by atoms with Crippen molar-refractivity contribution in [3.05, 3.63) is 35.7 Å². The van der Waals surface area contributed by atoms with Gasteiger partial charge in [0.2, 0.25) is 5.91 Å². The van der Waals surface area contributed by atoms with Gasteiger partial charge >= 0.3 is 0 Å². The van der Waals surface area contributed by atoms with Gasteiger partial charge in [-0.2, -0.15) is 0 Å². The van der Waals surface area contributed by atoms with Gasteiger partial charge in [0.25, 0.3) is 0 Å². The zero-order chi connectivity index (χ0) is 19.7. The highest BCUT2D eigenvalue weighted by atomic mass is 16.2. The fourth-order valence-corrected chi connectivity index (χ4v) is 7.91. The Labute approximate surface area is 169 Å². The van der Waals surface area contributed by atoms with E-state index in [-0.39, 0.29) is 5.91 Å². The monoisotopic (exact) mass is 378 g/mol. The average molecular weight is 379 g/mol. The number of hydrogen-bond donors (Lipinski definition) is 0. The Bertz CT molecular complexity index is 845. The summed E-state index contributed by atoms with van der Waals surface area (Å²) in [5.41, 5.74) is 4.76. The van der Waals surface area contributed by atoms with Gasteiger partial charge in [-0.25, -0.2) is 0 Å². The van der Waals surface area contributed by atoms with Gasteiger partial charge in [0.1, 0.15) is 0 Å². The zero-order valence-corrected chi connectivity index (χ0v) is 17.9. The SMILES string of the molecule is CC(=O)N1CC[C@@]2(C)C1CC[C@H]1[C@@H]3CC=C(c4cncc(C)c4)C3(C)CC[C@@H]12. The molecule has 1 aliphatic heterocycles. The maximum Gasteiger partial charge on any atom is 0.219 e. The number of nitrogens with zero attached hydrogens (tertiary/aromatic N) is 2. The molecule has 2 saturated carbocycles. The molecule has 3 fully saturated rings. The number of hydrogen-bond acceptors (Lipinski definition) is 2. The third-order valence-corrected chi connectivity index (χ3v) is 9.26. The predicted molar refractivity (Wildman–Crippen MR) is 113 cm³/mol. The first kappa shape index (κ1) is 18.4. The van der Waals surface area contributed by atoms with Gasteiger partial charge in [0.15, 0.2) is 0 Å². The van der Waals surface area contributed by atoms with Crippen molar-refractivity contribution in [2.75, 3.05) is 6.54 Å². The lowest BCUT2D eigenvalue weighted by Crippen LogP contribution is -2.54.